The minimum Gasteiger partial charge on any atom is -0.496 e. The van der Waals surface area contributed by atoms with Crippen molar-refractivity contribution in [3.05, 3.63) is 58.6 Å². The number of ether oxygens (including phenoxy) is 1. The molecule has 0 aliphatic carbocycles. The zero-order valence-corrected chi connectivity index (χ0v) is 13.0. The zero-order valence-electron chi connectivity index (χ0n) is 11.4. The van der Waals surface area contributed by atoms with Gasteiger partial charge in [-0.2, -0.15) is 4.80 Å². The minimum atomic E-state index is 0.502. The number of halogens is 1. The van der Waals surface area contributed by atoms with Crippen LogP contribution in [0.2, 0.25) is 0 Å². The lowest BCUT2D eigenvalue weighted by Gasteiger charge is -2.07. The van der Waals surface area contributed by atoms with Crippen LogP contribution in [0.25, 0.3) is 11.4 Å². The van der Waals surface area contributed by atoms with Crippen molar-refractivity contribution in [1.29, 1.82) is 0 Å². The predicted molar refractivity (Wildman–Crippen MR) is 83.0 cm³/mol. The molecule has 106 valence electrons. The highest BCUT2D eigenvalue weighted by atomic mass is 79.9. The Morgan fingerprint density at radius 2 is 1.95 bits per heavy atom. The number of nitrogens with zero attached hydrogens (tertiary/aromatic N) is 4. The van der Waals surface area contributed by atoms with Gasteiger partial charge in [0.15, 0.2) is 0 Å². The molecule has 3 aromatic rings. The van der Waals surface area contributed by atoms with Crippen LogP contribution in [0.3, 0.4) is 0 Å². The zero-order chi connectivity index (χ0) is 14.7. The maximum absolute atomic E-state index is 5.35. The van der Waals surface area contributed by atoms with Crippen LogP contribution in [0.1, 0.15) is 5.56 Å². The number of hydrogen-bond acceptors (Lipinski definition) is 4. The first-order valence-corrected chi connectivity index (χ1v) is 7.21. The summed E-state index contributed by atoms with van der Waals surface area (Å²) in [5.41, 5.74) is 1.94. The van der Waals surface area contributed by atoms with Crippen LogP contribution < -0.4 is 4.74 Å². The van der Waals surface area contributed by atoms with Crippen LogP contribution >= 0.6 is 15.9 Å². The molecule has 5 nitrogen and oxygen atoms in total. The monoisotopic (exact) mass is 344 g/mol. The molecule has 0 saturated heterocycles. The second-order valence-corrected chi connectivity index (χ2v) is 5.38. The van der Waals surface area contributed by atoms with Gasteiger partial charge >= 0.3 is 0 Å². The summed E-state index contributed by atoms with van der Waals surface area (Å²) in [6.45, 7) is 0.502. The molecule has 1 heterocycles. The topological polar surface area (TPSA) is 52.8 Å². The van der Waals surface area contributed by atoms with Gasteiger partial charge in [-0.05, 0) is 23.4 Å². The summed E-state index contributed by atoms with van der Waals surface area (Å²) in [5, 5.41) is 12.6. The van der Waals surface area contributed by atoms with Gasteiger partial charge in [-0.3, -0.25) is 0 Å². The molecule has 0 N–H and O–H groups in total. The van der Waals surface area contributed by atoms with Gasteiger partial charge in [-0.1, -0.05) is 46.3 Å². The summed E-state index contributed by atoms with van der Waals surface area (Å²) >= 11 is 3.46. The van der Waals surface area contributed by atoms with E-state index in [2.05, 4.69) is 31.3 Å². The molecule has 0 aliphatic rings. The Balaban J connectivity index is 1.87. The van der Waals surface area contributed by atoms with Crippen LogP contribution in [0.5, 0.6) is 5.75 Å². The van der Waals surface area contributed by atoms with Gasteiger partial charge in [-0.15, -0.1) is 10.2 Å². The van der Waals surface area contributed by atoms with E-state index in [1.165, 1.54) is 0 Å². The molecule has 1 aromatic heterocycles. The Morgan fingerprint density at radius 3 is 2.71 bits per heavy atom. The molecule has 0 aliphatic heterocycles. The van der Waals surface area contributed by atoms with E-state index in [9.17, 15) is 0 Å². The van der Waals surface area contributed by atoms with Crippen LogP contribution in [-0.2, 0) is 6.54 Å². The van der Waals surface area contributed by atoms with Gasteiger partial charge in [0.05, 0.1) is 13.7 Å². The Kier molecular flexibility index (Phi) is 3.96. The smallest absolute Gasteiger partial charge is 0.204 e. The number of methoxy groups -OCH3 is 1. The summed E-state index contributed by atoms with van der Waals surface area (Å²) in [6, 6.07) is 15.6. The van der Waals surface area contributed by atoms with E-state index in [1.54, 1.807) is 11.9 Å². The van der Waals surface area contributed by atoms with Crippen molar-refractivity contribution in [3.8, 4) is 17.1 Å². The fourth-order valence-electron chi connectivity index (χ4n) is 2.04. The number of hydrogen-bond donors (Lipinski definition) is 0. The van der Waals surface area contributed by atoms with Gasteiger partial charge in [0.25, 0.3) is 0 Å². The summed E-state index contributed by atoms with van der Waals surface area (Å²) in [6.07, 6.45) is 0. The molecule has 21 heavy (non-hydrogen) atoms. The maximum atomic E-state index is 5.35. The fourth-order valence-corrected chi connectivity index (χ4v) is 2.44. The molecular formula is C15H13BrN4O. The molecule has 3 rings (SSSR count). The highest BCUT2D eigenvalue weighted by Gasteiger charge is 2.09. The van der Waals surface area contributed by atoms with Crippen molar-refractivity contribution in [2.45, 2.75) is 6.54 Å². The van der Waals surface area contributed by atoms with E-state index >= 15 is 0 Å². The Bertz CT molecular complexity index is 742. The minimum absolute atomic E-state index is 0.502. The molecule has 0 radical (unpaired) electrons. The highest BCUT2D eigenvalue weighted by Crippen LogP contribution is 2.23. The van der Waals surface area contributed by atoms with E-state index in [1.807, 2.05) is 48.5 Å². The number of aromatic nitrogens is 4. The molecule has 0 spiro atoms. The molecular weight excluding hydrogens is 332 g/mol. The Labute approximate surface area is 130 Å². The SMILES string of the molecule is COc1ccc(Br)cc1Cn1nnc(-c2ccccc2)n1. The van der Waals surface area contributed by atoms with Crippen molar-refractivity contribution in [3.63, 3.8) is 0 Å². The molecule has 2 aromatic carbocycles. The number of tetrazole rings is 1. The lowest BCUT2D eigenvalue weighted by molar-refractivity contribution is 0.405. The van der Waals surface area contributed by atoms with Crippen LogP contribution in [-0.4, -0.2) is 27.3 Å². The average Bonchev–Trinajstić information content (AvgIpc) is 2.97. The van der Waals surface area contributed by atoms with E-state index < -0.39 is 0 Å². The summed E-state index contributed by atoms with van der Waals surface area (Å²) in [4.78, 5) is 1.56. The van der Waals surface area contributed by atoms with Crippen molar-refractivity contribution in [2.24, 2.45) is 0 Å². The highest BCUT2D eigenvalue weighted by molar-refractivity contribution is 9.10. The van der Waals surface area contributed by atoms with Crippen molar-refractivity contribution >= 4 is 15.9 Å². The summed E-state index contributed by atoms with van der Waals surface area (Å²) in [7, 11) is 1.65. The summed E-state index contributed by atoms with van der Waals surface area (Å²) in [5.74, 6) is 1.42. The lowest BCUT2D eigenvalue weighted by atomic mass is 10.2. The third-order valence-electron chi connectivity index (χ3n) is 3.04. The van der Waals surface area contributed by atoms with Crippen LogP contribution in [0.4, 0.5) is 0 Å². The van der Waals surface area contributed by atoms with Gasteiger partial charge in [0.1, 0.15) is 5.75 Å². The van der Waals surface area contributed by atoms with Gasteiger partial charge in [0, 0.05) is 15.6 Å². The molecule has 0 amide bonds. The summed E-state index contributed by atoms with van der Waals surface area (Å²) < 4.78 is 6.34. The molecule has 0 bridgehead atoms. The first-order chi connectivity index (χ1) is 10.3. The molecule has 0 unspecified atom stereocenters. The first-order valence-electron chi connectivity index (χ1n) is 6.42. The molecule has 0 atom stereocenters. The Morgan fingerprint density at radius 1 is 1.14 bits per heavy atom. The average molecular weight is 345 g/mol. The predicted octanol–water partition coefficient (Wildman–Crippen LogP) is 3.16. The van der Waals surface area contributed by atoms with Crippen LogP contribution in [0, 0.1) is 0 Å². The van der Waals surface area contributed by atoms with Gasteiger partial charge in [0.2, 0.25) is 5.82 Å². The standard InChI is InChI=1S/C15H13BrN4O/c1-21-14-8-7-13(16)9-12(14)10-20-18-15(17-19-20)11-5-3-2-4-6-11/h2-9H,10H2,1H3. The van der Waals surface area contributed by atoms with Crippen LogP contribution in [0.15, 0.2) is 53.0 Å². The van der Waals surface area contributed by atoms with E-state index in [0.717, 1.165) is 21.3 Å². The second-order valence-electron chi connectivity index (χ2n) is 4.47. The van der Waals surface area contributed by atoms with Gasteiger partial charge in [-0.25, -0.2) is 0 Å². The first kappa shape index (κ1) is 13.8. The van der Waals surface area contributed by atoms with Crippen molar-refractivity contribution in [1.82, 2.24) is 20.2 Å². The number of benzene rings is 2. The van der Waals surface area contributed by atoms with Crippen molar-refractivity contribution < 1.29 is 4.74 Å². The third kappa shape index (κ3) is 3.11. The third-order valence-corrected chi connectivity index (χ3v) is 3.53. The molecule has 6 heteroatoms. The second kappa shape index (κ2) is 6.05. The van der Waals surface area contributed by atoms with E-state index in [-0.39, 0.29) is 0 Å². The fraction of sp³-hybridized carbons (Fsp3) is 0.133. The lowest BCUT2D eigenvalue weighted by Crippen LogP contribution is -2.05. The molecule has 0 saturated carbocycles. The maximum Gasteiger partial charge on any atom is 0.204 e. The van der Waals surface area contributed by atoms with E-state index in [4.69, 9.17) is 4.74 Å². The quantitative estimate of drug-likeness (QED) is 0.729. The van der Waals surface area contributed by atoms with E-state index in [0.29, 0.717) is 12.4 Å². The largest absolute Gasteiger partial charge is 0.496 e. The Hall–Kier alpha value is -2.21. The van der Waals surface area contributed by atoms with Crippen molar-refractivity contribution in [2.75, 3.05) is 7.11 Å². The van der Waals surface area contributed by atoms with Gasteiger partial charge < -0.3 is 4.74 Å². The molecule has 0 fully saturated rings. The normalized spacial score (nSPS) is 10.6. The number of rotatable bonds is 4.